The molecule has 2 aromatic carbocycles. The third kappa shape index (κ3) is 3.65. The third-order valence-electron chi connectivity index (χ3n) is 6.05. The van der Waals surface area contributed by atoms with Gasteiger partial charge in [0, 0.05) is 44.5 Å². The zero-order valence-corrected chi connectivity index (χ0v) is 16.7. The average Bonchev–Trinajstić information content (AvgIpc) is 2.80. The smallest absolute Gasteiger partial charge is 0.225 e. The topological polar surface area (TPSA) is 49.3 Å². The number of hydrogen-bond donors (Lipinski definition) is 0. The van der Waals surface area contributed by atoms with Crippen LogP contribution in [0.1, 0.15) is 34.0 Å². The van der Waals surface area contributed by atoms with Crippen molar-refractivity contribution in [3.05, 3.63) is 83.4 Å². The largest absolute Gasteiger partial charge is 0.368 e. The highest BCUT2D eigenvalue weighted by molar-refractivity contribution is 5.98. The second-order valence-electron chi connectivity index (χ2n) is 7.92. The van der Waals surface area contributed by atoms with Crippen molar-refractivity contribution < 1.29 is 9.18 Å². The number of Topliss-reactive ketones (excluding diaryl/α,β-unsaturated/α-hetero) is 1. The number of carbonyl (C=O) groups is 1. The summed E-state index contributed by atoms with van der Waals surface area (Å²) in [4.78, 5) is 26.5. The van der Waals surface area contributed by atoms with Crippen molar-refractivity contribution in [2.75, 3.05) is 36.0 Å². The van der Waals surface area contributed by atoms with Crippen molar-refractivity contribution >= 4 is 17.4 Å². The predicted octanol–water partition coefficient (Wildman–Crippen LogP) is 3.86. The van der Waals surface area contributed by atoms with Gasteiger partial charge in [-0.15, -0.1) is 0 Å². The first-order valence-corrected chi connectivity index (χ1v) is 10.4. The zero-order chi connectivity index (χ0) is 20.5. The van der Waals surface area contributed by atoms with E-state index in [-0.39, 0.29) is 17.5 Å². The molecule has 0 unspecified atom stereocenters. The van der Waals surface area contributed by atoms with Crippen LogP contribution in [0.25, 0.3) is 0 Å². The molecule has 1 aromatic heterocycles. The fourth-order valence-electron chi connectivity index (χ4n) is 4.36. The lowest BCUT2D eigenvalue weighted by Crippen LogP contribution is -2.47. The van der Waals surface area contributed by atoms with Crippen LogP contribution in [-0.2, 0) is 6.42 Å². The van der Waals surface area contributed by atoms with E-state index < -0.39 is 0 Å². The number of benzene rings is 2. The molecule has 0 saturated carbocycles. The molecule has 0 spiro atoms. The molecule has 2 aliphatic rings. The Balaban J connectivity index is 1.32. The fourth-order valence-corrected chi connectivity index (χ4v) is 4.36. The molecular weight excluding hydrogens is 379 g/mol. The Morgan fingerprint density at radius 3 is 2.30 bits per heavy atom. The molecule has 0 radical (unpaired) electrons. The summed E-state index contributed by atoms with van der Waals surface area (Å²) in [7, 11) is 0. The molecular formula is C24H23FN4O. The summed E-state index contributed by atoms with van der Waals surface area (Å²) in [6, 6.07) is 16.8. The molecule has 5 nitrogen and oxygen atoms in total. The monoisotopic (exact) mass is 402 g/mol. The number of hydrogen-bond acceptors (Lipinski definition) is 5. The Bertz CT molecular complexity index is 1050. The number of carbonyl (C=O) groups excluding carboxylic acids is 1. The molecule has 1 aliphatic heterocycles. The first-order chi connectivity index (χ1) is 14.7. The minimum Gasteiger partial charge on any atom is -0.368 e. The summed E-state index contributed by atoms with van der Waals surface area (Å²) < 4.78 is 13.3. The summed E-state index contributed by atoms with van der Waals surface area (Å²) in [5, 5.41) is 0. The van der Waals surface area contributed by atoms with Gasteiger partial charge in [-0.1, -0.05) is 30.3 Å². The zero-order valence-electron chi connectivity index (χ0n) is 16.7. The van der Waals surface area contributed by atoms with Crippen molar-refractivity contribution in [1.82, 2.24) is 9.97 Å². The van der Waals surface area contributed by atoms with Gasteiger partial charge in [0.25, 0.3) is 0 Å². The molecule has 6 heteroatoms. The van der Waals surface area contributed by atoms with Crippen LogP contribution in [0.15, 0.2) is 60.8 Å². The van der Waals surface area contributed by atoms with Crippen molar-refractivity contribution in [3.8, 4) is 0 Å². The van der Waals surface area contributed by atoms with Crippen molar-refractivity contribution in [2.45, 2.75) is 18.8 Å². The van der Waals surface area contributed by atoms with E-state index in [1.807, 2.05) is 6.07 Å². The van der Waals surface area contributed by atoms with Crippen molar-refractivity contribution in [2.24, 2.45) is 0 Å². The third-order valence-corrected chi connectivity index (χ3v) is 6.05. The Hall–Kier alpha value is -3.28. The summed E-state index contributed by atoms with van der Waals surface area (Å²) >= 11 is 0. The molecule has 5 rings (SSSR count). The molecule has 1 saturated heterocycles. The van der Waals surface area contributed by atoms with Crippen molar-refractivity contribution in [1.29, 1.82) is 0 Å². The summed E-state index contributed by atoms with van der Waals surface area (Å²) in [5.41, 5.74) is 3.64. The van der Waals surface area contributed by atoms with Crippen LogP contribution in [0.2, 0.25) is 0 Å². The normalized spacial score (nSPS) is 19.0. The number of ketones is 1. The number of fused-ring (bicyclic) bond motifs is 1. The van der Waals surface area contributed by atoms with Gasteiger partial charge in [-0.05, 0) is 42.2 Å². The molecule has 1 aliphatic carbocycles. The second kappa shape index (κ2) is 7.86. The molecule has 0 bridgehead atoms. The van der Waals surface area contributed by atoms with E-state index in [4.69, 9.17) is 4.98 Å². The predicted molar refractivity (Wildman–Crippen MR) is 115 cm³/mol. The molecule has 0 N–H and O–H groups in total. The highest BCUT2D eigenvalue weighted by Gasteiger charge is 2.29. The lowest BCUT2D eigenvalue weighted by Gasteiger charge is -2.36. The minimum atomic E-state index is -0.263. The van der Waals surface area contributed by atoms with Crippen LogP contribution in [0.3, 0.4) is 0 Å². The molecule has 1 fully saturated rings. The Morgan fingerprint density at radius 1 is 0.867 bits per heavy atom. The van der Waals surface area contributed by atoms with Crippen molar-refractivity contribution in [3.63, 3.8) is 0 Å². The van der Waals surface area contributed by atoms with Crippen LogP contribution in [-0.4, -0.2) is 41.9 Å². The van der Waals surface area contributed by atoms with Gasteiger partial charge in [0.05, 0.1) is 11.3 Å². The van der Waals surface area contributed by atoms with E-state index in [2.05, 4.69) is 39.0 Å². The first-order valence-electron chi connectivity index (χ1n) is 10.4. The highest BCUT2D eigenvalue weighted by Crippen LogP contribution is 2.32. The van der Waals surface area contributed by atoms with Gasteiger partial charge < -0.3 is 9.80 Å². The van der Waals surface area contributed by atoms with E-state index in [1.165, 1.54) is 17.8 Å². The lowest BCUT2D eigenvalue weighted by atomic mass is 9.82. The maximum Gasteiger partial charge on any atom is 0.225 e. The Kier molecular flexibility index (Phi) is 4.91. The number of aromatic nitrogens is 2. The molecule has 152 valence electrons. The maximum atomic E-state index is 13.3. The van der Waals surface area contributed by atoms with Gasteiger partial charge in [-0.2, -0.15) is 0 Å². The summed E-state index contributed by atoms with van der Waals surface area (Å²) in [6.07, 6.45) is 2.77. The Labute approximate surface area is 175 Å². The van der Waals surface area contributed by atoms with Crippen LogP contribution in [0.4, 0.5) is 16.0 Å². The van der Waals surface area contributed by atoms with Gasteiger partial charge in [0.1, 0.15) is 5.82 Å². The van der Waals surface area contributed by atoms with Gasteiger partial charge in [-0.25, -0.2) is 14.4 Å². The van der Waals surface area contributed by atoms with Crippen LogP contribution >= 0.6 is 0 Å². The summed E-state index contributed by atoms with van der Waals surface area (Å²) in [6.45, 7) is 3.48. The van der Waals surface area contributed by atoms with Gasteiger partial charge >= 0.3 is 0 Å². The molecule has 30 heavy (non-hydrogen) atoms. The van der Waals surface area contributed by atoms with Crippen LogP contribution in [0.5, 0.6) is 0 Å². The minimum absolute atomic E-state index is 0.0308. The Morgan fingerprint density at radius 2 is 1.57 bits per heavy atom. The number of halogens is 1. The average molecular weight is 402 g/mol. The van der Waals surface area contributed by atoms with Gasteiger partial charge in [0.2, 0.25) is 5.95 Å². The summed E-state index contributed by atoms with van der Waals surface area (Å²) in [5.74, 6) is 0.517. The van der Waals surface area contributed by atoms with E-state index in [0.29, 0.717) is 24.4 Å². The van der Waals surface area contributed by atoms with Crippen LogP contribution < -0.4 is 9.80 Å². The number of anilines is 2. The standard InChI is InChI=1S/C24H23FN4O/c25-19-8-6-17(7-9-19)18-14-22-21(23(30)15-18)16-26-24(27-22)29-12-10-28(11-13-29)20-4-2-1-3-5-20/h1-9,16,18H,10-15H2/t18-/m1/s1. The van der Waals surface area contributed by atoms with E-state index >= 15 is 0 Å². The molecule has 1 atom stereocenters. The van der Waals surface area contributed by atoms with Gasteiger partial charge in [0.15, 0.2) is 5.78 Å². The quantitative estimate of drug-likeness (QED) is 0.666. The van der Waals surface area contributed by atoms with Crippen LogP contribution in [0, 0.1) is 5.82 Å². The fraction of sp³-hybridized carbons (Fsp3) is 0.292. The van der Waals surface area contributed by atoms with E-state index in [0.717, 1.165) is 37.4 Å². The van der Waals surface area contributed by atoms with Gasteiger partial charge in [-0.3, -0.25) is 4.79 Å². The van der Waals surface area contributed by atoms with E-state index in [9.17, 15) is 9.18 Å². The number of piperazine rings is 1. The molecule has 2 heterocycles. The first kappa shape index (κ1) is 18.7. The second-order valence-corrected chi connectivity index (χ2v) is 7.92. The molecule has 0 amide bonds. The number of para-hydroxylation sites is 1. The number of nitrogens with zero attached hydrogens (tertiary/aromatic N) is 4. The molecule has 3 aromatic rings. The SMILES string of the molecule is O=C1C[C@H](c2ccc(F)cc2)Cc2nc(N3CCN(c4ccccc4)CC3)ncc21. The highest BCUT2D eigenvalue weighted by atomic mass is 19.1. The van der Waals surface area contributed by atoms with E-state index in [1.54, 1.807) is 18.3 Å². The number of rotatable bonds is 3. The lowest BCUT2D eigenvalue weighted by molar-refractivity contribution is 0.0962. The maximum absolute atomic E-state index is 13.3.